The summed E-state index contributed by atoms with van der Waals surface area (Å²) in [6.45, 7) is 7.51. The first kappa shape index (κ1) is 18.9. The first-order valence-electron chi connectivity index (χ1n) is 10.1. The number of Topliss-reactive ketones (excluding diaryl/α,β-unsaturated/α-hetero) is 1. The molecule has 0 radical (unpaired) electrons. The summed E-state index contributed by atoms with van der Waals surface area (Å²) in [5.74, 6) is 0.323. The molecule has 4 rings (SSSR count). The third kappa shape index (κ3) is 3.29. The van der Waals surface area contributed by atoms with Crippen LogP contribution in [0.5, 0.6) is 0 Å². The standard InChI is InChI=1S/C25H28O3/c1-16-4-7-19(8-5-16)20-9-6-17(2)23(18(20)3)24-21(26)14-25(15-22(24)27)10-12-28-13-11-25/h4-9,26H,10-15H2,1-3H3. The SMILES string of the molecule is Cc1ccc(-c2ccc(C)c(C3=C(O)CC4(CCOCC4)CC3=O)c2C)cc1. The minimum Gasteiger partial charge on any atom is -0.512 e. The van der Waals surface area contributed by atoms with Crippen LogP contribution in [-0.4, -0.2) is 24.1 Å². The Morgan fingerprint density at radius 2 is 1.61 bits per heavy atom. The van der Waals surface area contributed by atoms with Crippen molar-refractivity contribution in [3.8, 4) is 11.1 Å². The number of ether oxygens (including phenoxy) is 1. The highest BCUT2D eigenvalue weighted by atomic mass is 16.5. The number of aryl methyl sites for hydroxylation is 2. The Morgan fingerprint density at radius 3 is 2.25 bits per heavy atom. The van der Waals surface area contributed by atoms with Crippen LogP contribution in [0.3, 0.4) is 0 Å². The Balaban J connectivity index is 1.80. The van der Waals surface area contributed by atoms with Crippen molar-refractivity contribution in [2.24, 2.45) is 5.41 Å². The molecule has 1 spiro atoms. The maximum atomic E-state index is 13.2. The fourth-order valence-electron chi connectivity index (χ4n) is 4.82. The van der Waals surface area contributed by atoms with Gasteiger partial charge >= 0.3 is 0 Å². The topological polar surface area (TPSA) is 46.5 Å². The number of hydrogen-bond donors (Lipinski definition) is 1. The average Bonchev–Trinajstić information content (AvgIpc) is 2.65. The molecule has 0 saturated carbocycles. The molecule has 1 aliphatic heterocycles. The summed E-state index contributed by atoms with van der Waals surface area (Å²) in [5, 5.41) is 11.0. The fourth-order valence-corrected chi connectivity index (χ4v) is 4.82. The lowest BCUT2D eigenvalue weighted by molar-refractivity contribution is -0.118. The second kappa shape index (κ2) is 7.21. The summed E-state index contributed by atoms with van der Waals surface area (Å²) in [7, 11) is 0. The normalized spacial score (nSPS) is 19.3. The first-order chi connectivity index (χ1) is 13.4. The molecule has 28 heavy (non-hydrogen) atoms. The second-order valence-corrected chi connectivity index (χ2v) is 8.51. The van der Waals surface area contributed by atoms with Gasteiger partial charge in [-0.1, -0.05) is 42.0 Å². The predicted molar refractivity (Wildman–Crippen MR) is 112 cm³/mol. The Bertz CT molecular complexity index is 945. The van der Waals surface area contributed by atoms with Crippen LogP contribution < -0.4 is 0 Å². The van der Waals surface area contributed by atoms with Crippen molar-refractivity contribution in [1.29, 1.82) is 0 Å². The van der Waals surface area contributed by atoms with Crippen LogP contribution in [0, 0.1) is 26.2 Å². The van der Waals surface area contributed by atoms with Crippen molar-refractivity contribution in [3.63, 3.8) is 0 Å². The number of carbonyl (C=O) groups excluding carboxylic acids is 1. The van der Waals surface area contributed by atoms with Crippen molar-refractivity contribution in [1.82, 2.24) is 0 Å². The first-order valence-corrected chi connectivity index (χ1v) is 10.1. The number of rotatable bonds is 2. The molecule has 1 fully saturated rings. The van der Waals surface area contributed by atoms with E-state index in [0.29, 0.717) is 31.6 Å². The van der Waals surface area contributed by atoms with Crippen molar-refractivity contribution in [2.45, 2.75) is 46.5 Å². The molecule has 1 heterocycles. The van der Waals surface area contributed by atoms with E-state index in [4.69, 9.17) is 4.74 Å². The van der Waals surface area contributed by atoms with E-state index in [1.165, 1.54) is 5.56 Å². The van der Waals surface area contributed by atoms with Gasteiger partial charge in [-0.05, 0) is 66.8 Å². The van der Waals surface area contributed by atoms with Crippen LogP contribution in [0.25, 0.3) is 16.7 Å². The van der Waals surface area contributed by atoms with Gasteiger partial charge in [0.05, 0.1) is 5.57 Å². The lowest BCUT2D eigenvalue weighted by Gasteiger charge is -2.40. The zero-order valence-corrected chi connectivity index (χ0v) is 17.0. The van der Waals surface area contributed by atoms with Gasteiger partial charge in [-0.3, -0.25) is 4.79 Å². The quantitative estimate of drug-likeness (QED) is 0.730. The molecule has 0 aromatic heterocycles. The Labute approximate surface area is 167 Å². The Kier molecular flexibility index (Phi) is 4.88. The molecule has 0 unspecified atom stereocenters. The highest BCUT2D eigenvalue weighted by molar-refractivity contribution is 6.23. The maximum absolute atomic E-state index is 13.2. The van der Waals surface area contributed by atoms with Gasteiger partial charge in [0.1, 0.15) is 5.76 Å². The molecule has 2 aromatic rings. The van der Waals surface area contributed by atoms with E-state index < -0.39 is 0 Å². The van der Waals surface area contributed by atoms with E-state index in [1.807, 2.05) is 6.92 Å². The summed E-state index contributed by atoms with van der Waals surface area (Å²) in [4.78, 5) is 13.2. The highest BCUT2D eigenvalue weighted by Gasteiger charge is 2.42. The fraction of sp³-hybridized carbons (Fsp3) is 0.400. The molecular formula is C25H28O3. The summed E-state index contributed by atoms with van der Waals surface area (Å²) in [6, 6.07) is 12.6. The third-order valence-electron chi connectivity index (χ3n) is 6.48. The monoisotopic (exact) mass is 376 g/mol. The number of benzene rings is 2. The van der Waals surface area contributed by atoms with Crippen LogP contribution in [0.15, 0.2) is 42.2 Å². The number of aliphatic hydroxyl groups is 1. The number of carbonyl (C=O) groups is 1. The molecule has 2 aromatic carbocycles. The van der Waals surface area contributed by atoms with Gasteiger partial charge in [0.15, 0.2) is 5.78 Å². The van der Waals surface area contributed by atoms with Crippen LogP contribution in [0.1, 0.15) is 47.9 Å². The van der Waals surface area contributed by atoms with Crippen molar-refractivity contribution >= 4 is 11.4 Å². The molecule has 146 valence electrons. The van der Waals surface area contributed by atoms with E-state index >= 15 is 0 Å². The summed E-state index contributed by atoms with van der Waals surface area (Å²) in [6.07, 6.45) is 2.77. The van der Waals surface area contributed by atoms with Gasteiger partial charge in [0.2, 0.25) is 0 Å². The van der Waals surface area contributed by atoms with Crippen molar-refractivity contribution in [3.05, 3.63) is 64.4 Å². The molecule has 0 amide bonds. The lowest BCUT2D eigenvalue weighted by atomic mass is 9.67. The van der Waals surface area contributed by atoms with Gasteiger partial charge in [-0.2, -0.15) is 0 Å². The number of allylic oxidation sites excluding steroid dienone is 2. The molecule has 3 heteroatoms. The third-order valence-corrected chi connectivity index (χ3v) is 6.48. The van der Waals surface area contributed by atoms with E-state index in [9.17, 15) is 9.90 Å². The van der Waals surface area contributed by atoms with Crippen molar-refractivity contribution < 1.29 is 14.6 Å². The molecule has 2 aliphatic rings. The lowest BCUT2D eigenvalue weighted by Crippen LogP contribution is -2.36. The van der Waals surface area contributed by atoms with Gasteiger partial charge < -0.3 is 9.84 Å². The molecule has 0 bridgehead atoms. The predicted octanol–water partition coefficient (Wildman–Crippen LogP) is 5.71. The summed E-state index contributed by atoms with van der Waals surface area (Å²) in [5.41, 5.74) is 6.86. The van der Waals surface area contributed by atoms with E-state index in [-0.39, 0.29) is 17.0 Å². The highest BCUT2D eigenvalue weighted by Crippen LogP contribution is 2.47. The zero-order chi connectivity index (χ0) is 19.9. The zero-order valence-electron chi connectivity index (χ0n) is 17.0. The second-order valence-electron chi connectivity index (χ2n) is 8.51. The molecule has 0 atom stereocenters. The van der Waals surface area contributed by atoms with E-state index in [0.717, 1.165) is 40.7 Å². The summed E-state index contributed by atoms with van der Waals surface area (Å²) >= 11 is 0. The van der Waals surface area contributed by atoms with Crippen LogP contribution >= 0.6 is 0 Å². The average molecular weight is 376 g/mol. The van der Waals surface area contributed by atoms with Crippen LogP contribution in [0.2, 0.25) is 0 Å². The van der Waals surface area contributed by atoms with E-state index in [1.54, 1.807) is 0 Å². The smallest absolute Gasteiger partial charge is 0.167 e. The minimum absolute atomic E-state index is 0.0675. The van der Waals surface area contributed by atoms with E-state index in [2.05, 4.69) is 50.2 Å². The number of aliphatic hydroxyl groups excluding tert-OH is 1. The molecule has 1 N–H and O–H groups in total. The molecular weight excluding hydrogens is 348 g/mol. The van der Waals surface area contributed by atoms with Crippen LogP contribution in [-0.2, 0) is 9.53 Å². The maximum Gasteiger partial charge on any atom is 0.167 e. The number of hydrogen-bond acceptors (Lipinski definition) is 3. The van der Waals surface area contributed by atoms with Crippen LogP contribution in [0.4, 0.5) is 0 Å². The number of ketones is 1. The van der Waals surface area contributed by atoms with Gasteiger partial charge in [0.25, 0.3) is 0 Å². The summed E-state index contributed by atoms with van der Waals surface area (Å²) < 4.78 is 5.48. The van der Waals surface area contributed by atoms with Gasteiger partial charge in [-0.15, -0.1) is 0 Å². The molecule has 1 saturated heterocycles. The molecule has 1 aliphatic carbocycles. The molecule has 3 nitrogen and oxygen atoms in total. The Hall–Kier alpha value is -2.39. The van der Waals surface area contributed by atoms with Gasteiger partial charge in [0, 0.05) is 26.1 Å². The largest absolute Gasteiger partial charge is 0.512 e. The van der Waals surface area contributed by atoms with Crippen molar-refractivity contribution in [2.75, 3.05) is 13.2 Å². The van der Waals surface area contributed by atoms with Gasteiger partial charge in [-0.25, -0.2) is 0 Å². The minimum atomic E-state index is -0.126. The Morgan fingerprint density at radius 1 is 0.929 bits per heavy atom.